The molecule has 2 atom stereocenters. The first-order valence-electron chi connectivity index (χ1n) is 4.72. The van der Waals surface area contributed by atoms with E-state index in [0.717, 1.165) is 17.9 Å². The average Bonchev–Trinajstić information content (AvgIpc) is 2.66. The fourth-order valence-electron chi connectivity index (χ4n) is 1.24. The first kappa shape index (κ1) is 12.8. The monoisotopic (exact) mass is 253 g/mol. The van der Waals surface area contributed by atoms with Crippen molar-refractivity contribution < 1.29 is 18.3 Å². The van der Waals surface area contributed by atoms with E-state index in [2.05, 4.69) is 4.72 Å². The molecule has 0 spiro atoms. The molecule has 1 saturated heterocycles. The quantitative estimate of drug-likeness (QED) is 0.727. The smallest absolute Gasteiger partial charge is 0.323 e. The number of aliphatic carboxylic acids is 1. The van der Waals surface area contributed by atoms with Gasteiger partial charge in [-0.05, 0) is 30.8 Å². The van der Waals surface area contributed by atoms with Crippen LogP contribution in [0, 0.1) is 5.92 Å². The summed E-state index contributed by atoms with van der Waals surface area (Å²) in [5.74, 6) is 1.03. The van der Waals surface area contributed by atoms with Crippen molar-refractivity contribution in [1.82, 2.24) is 4.72 Å². The predicted octanol–water partition coefficient (Wildman–Crippen LogP) is 0.132. The van der Waals surface area contributed by atoms with Crippen LogP contribution in [0.3, 0.4) is 0 Å². The Labute approximate surface area is 93.7 Å². The lowest BCUT2D eigenvalue weighted by Crippen LogP contribution is -2.39. The van der Waals surface area contributed by atoms with Crippen molar-refractivity contribution in [2.75, 3.05) is 18.1 Å². The number of rotatable bonds is 5. The summed E-state index contributed by atoms with van der Waals surface area (Å²) in [6.45, 7) is 1.53. The highest BCUT2D eigenvalue weighted by Gasteiger charge is 2.28. The molecule has 0 amide bonds. The molecule has 1 aliphatic heterocycles. The zero-order valence-corrected chi connectivity index (χ0v) is 10.1. The minimum Gasteiger partial charge on any atom is -0.480 e. The molecule has 2 unspecified atom stereocenters. The van der Waals surface area contributed by atoms with Crippen LogP contribution in [0.5, 0.6) is 0 Å². The van der Waals surface area contributed by atoms with Gasteiger partial charge in [-0.1, -0.05) is 0 Å². The first-order valence-corrected chi connectivity index (χ1v) is 7.42. The van der Waals surface area contributed by atoms with E-state index in [9.17, 15) is 13.2 Å². The third-order valence-corrected chi connectivity index (χ3v) is 5.34. The van der Waals surface area contributed by atoms with Gasteiger partial charge in [-0.3, -0.25) is 4.79 Å². The second-order valence-corrected chi connectivity index (χ2v) is 6.84. The van der Waals surface area contributed by atoms with Gasteiger partial charge in [-0.25, -0.2) is 13.1 Å². The fourth-order valence-corrected chi connectivity index (χ4v) is 3.50. The highest BCUT2D eigenvalue weighted by Crippen LogP contribution is 2.22. The summed E-state index contributed by atoms with van der Waals surface area (Å²) in [6, 6.07) is 0. The molecule has 0 aromatic rings. The van der Waals surface area contributed by atoms with Gasteiger partial charge in [0.05, 0.1) is 0 Å². The Hall–Kier alpha value is -0.270. The topological polar surface area (TPSA) is 83.5 Å². The van der Waals surface area contributed by atoms with Crippen LogP contribution in [-0.2, 0) is 14.8 Å². The van der Waals surface area contributed by atoms with E-state index in [1.165, 1.54) is 6.92 Å². The van der Waals surface area contributed by atoms with Crippen molar-refractivity contribution in [2.24, 2.45) is 5.92 Å². The van der Waals surface area contributed by atoms with Gasteiger partial charge in [-0.15, -0.1) is 0 Å². The van der Waals surface area contributed by atoms with Crippen LogP contribution < -0.4 is 4.72 Å². The number of hydrogen-bond donors (Lipinski definition) is 2. The molecular weight excluding hydrogens is 238 g/mol. The lowest BCUT2D eigenvalue weighted by Gasteiger charge is -2.12. The van der Waals surface area contributed by atoms with E-state index in [1.54, 1.807) is 11.8 Å². The van der Waals surface area contributed by atoms with Gasteiger partial charge in [0.1, 0.15) is 0 Å². The van der Waals surface area contributed by atoms with E-state index in [1.807, 2.05) is 0 Å². The Balaban J connectivity index is 2.45. The summed E-state index contributed by atoms with van der Waals surface area (Å²) in [7, 11) is -3.71. The van der Waals surface area contributed by atoms with Crippen molar-refractivity contribution in [1.29, 1.82) is 0 Å². The first-order chi connectivity index (χ1) is 6.93. The number of thioether (sulfide) groups is 1. The molecule has 1 rings (SSSR count). The predicted molar refractivity (Wildman–Crippen MR) is 59.5 cm³/mol. The molecular formula is C8H15NO4S2. The molecule has 0 bridgehead atoms. The molecule has 88 valence electrons. The van der Waals surface area contributed by atoms with Crippen molar-refractivity contribution in [3.8, 4) is 0 Å². The lowest BCUT2D eigenvalue weighted by molar-refractivity contribution is -0.136. The van der Waals surface area contributed by atoms with Crippen LogP contribution in [0.15, 0.2) is 0 Å². The molecule has 15 heavy (non-hydrogen) atoms. The van der Waals surface area contributed by atoms with Crippen LogP contribution in [0.2, 0.25) is 0 Å². The van der Waals surface area contributed by atoms with E-state index in [4.69, 9.17) is 5.11 Å². The van der Waals surface area contributed by atoms with Gasteiger partial charge in [0, 0.05) is 6.54 Å². The molecule has 0 aromatic carbocycles. The van der Waals surface area contributed by atoms with Gasteiger partial charge < -0.3 is 5.11 Å². The Morgan fingerprint density at radius 3 is 2.80 bits per heavy atom. The Morgan fingerprint density at radius 2 is 2.33 bits per heavy atom. The van der Waals surface area contributed by atoms with Gasteiger partial charge in [0.2, 0.25) is 10.0 Å². The second kappa shape index (κ2) is 5.18. The molecule has 0 aliphatic carbocycles. The summed E-state index contributed by atoms with van der Waals surface area (Å²) < 4.78 is 25.2. The minimum atomic E-state index is -3.71. The number of nitrogens with one attached hydrogen (secondary N) is 1. The molecule has 1 fully saturated rings. The molecule has 1 heterocycles. The van der Waals surface area contributed by atoms with E-state index >= 15 is 0 Å². The van der Waals surface area contributed by atoms with Crippen LogP contribution in [0.4, 0.5) is 0 Å². The molecule has 0 saturated carbocycles. The molecule has 0 aromatic heterocycles. The Bertz CT molecular complexity index is 322. The average molecular weight is 253 g/mol. The van der Waals surface area contributed by atoms with Gasteiger partial charge in [0.15, 0.2) is 5.25 Å². The van der Waals surface area contributed by atoms with Gasteiger partial charge >= 0.3 is 5.97 Å². The number of carbonyl (C=O) groups is 1. The highest BCUT2D eigenvalue weighted by molar-refractivity contribution is 7.99. The second-order valence-electron chi connectivity index (χ2n) is 3.60. The zero-order valence-electron chi connectivity index (χ0n) is 8.47. The maximum absolute atomic E-state index is 11.4. The SMILES string of the molecule is CC(C(=O)O)S(=O)(=O)NCC1CCSC1. The maximum atomic E-state index is 11.4. The molecule has 1 aliphatic rings. The zero-order chi connectivity index (χ0) is 11.5. The van der Waals surface area contributed by atoms with Crippen LogP contribution in [0.25, 0.3) is 0 Å². The highest BCUT2D eigenvalue weighted by atomic mass is 32.2. The minimum absolute atomic E-state index is 0.339. The fraction of sp³-hybridized carbons (Fsp3) is 0.875. The lowest BCUT2D eigenvalue weighted by atomic mass is 10.1. The maximum Gasteiger partial charge on any atom is 0.323 e. The Morgan fingerprint density at radius 1 is 1.67 bits per heavy atom. The summed E-state index contributed by atoms with van der Waals surface area (Å²) in [6.07, 6.45) is 0.995. The molecule has 5 nitrogen and oxygen atoms in total. The van der Waals surface area contributed by atoms with Gasteiger partial charge in [-0.2, -0.15) is 11.8 Å². The van der Waals surface area contributed by atoms with Crippen molar-refractivity contribution in [3.05, 3.63) is 0 Å². The van der Waals surface area contributed by atoms with Crippen molar-refractivity contribution in [3.63, 3.8) is 0 Å². The van der Waals surface area contributed by atoms with E-state index in [0.29, 0.717) is 12.5 Å². The number of hydrogen-bond acceptors (Lipinski definition) is 4. The van der Waals surface area contributed by atoms with E-state index in [-0.39, 0.29) is 0 Å². The normalized spacial score (nSPS) is 23.9. The van der Waals surface area contributed by atoms with Gasteiger partial charge in [0.25, 0.3) is 0 Å². The summed E-state index contributed by atoms with van der Waals surface area (Å²) in [5, 5.41) is 7.20. The van der Waals surface area contributed by atoms with Crippen LogP contribution in [0.1, 0.15) is 13.3 Å². The third kappa shape index (κ3) is 3.66. The van der Waals surface area contributed by atoms with Crippen LogP contribution in [-0.4, -0.2) is 42.8 Å². The number of sulfonamides is 1. The van der Waals surface area contributed by atoms with E-state index < -0.39 is 21.2 Å². The van der Waals surface area contributed by atoms with Crippen molar-refractivity contribution >= 4 is 27.8 Å². The summed E-state index contributed by atoms with van der Waals surface area (Å²) >= 11 is 1.80. The summed E-state index contributed by atoms with van der Waals surface area (Å²) in [5.41, 5.74) is 0. The third-order valence-electron chi connectivity index (χ3n) is 2.41. The summed E-state index contributed by atoms with van der Waals surface area (Å²) in [4.78, 5) is 10.5. The van der Waals surface area contributed by atoms with Crippen molar-refractivity contribution in [2.45, 2.75) is 18.6 Å². The Kier molecular flexibility index (Phi) is 4.42. The molecule has 0 radical (unpaired) electrons. The largest absolute Gasteiger partial charge is 0.480 e. The van der Waals surface area contributed by atoms with Crippen LogP contribution >= 0.6 is 11.8 Å². The molecule has 7 heteroatoms. The number of carboxylic acids is 1. The molecule has 2 N–H and O–H groups in total. The number of carboxylic acid groups (broad SMARTS) is 1. The standard InChI is InChI=1S/C8H15NO4S2/c1-6(8(10)11)15(12,13)9-4-7-2-3-14-5-7/h6-7,9H,2-5H2,1H3,(H,10,11).